The molecule has 4 nitrogen and oxygen atoms in total. The molecule has 0 unspecified atom stereocenters. The molecule has 0 radical (unpaired) electrons. The van der Waals surface area contributed by atoms with Gasteiger partial charge in [-0.1, -0.05) is 158 Å². The van der Waals surface area contributed by atoms with E-state index in [0.29, 0.717) is 25.9 Å². The average Bonchev–Trinajstić information content (AvgIpc) is 3.18. The molecule has 250 valence electrons. The molecule has 6 aromatic carbocycles. The quantitative estimate of drug-likeness (QED) is 0.108. The van der Waals surface area contributed by atoms with Crippen LogP contribution in [0.1, 0.15) is 49.7 Å². The molecule has 0 saturated carbocycles. The van der Waals surface area contributed by atoms with Gasteiger partial charge in [0.2, 0.25) is 11.8 Å². The molecule has 0 aliphatic rings. The summed E-state index contributed by atoms with van der Waals surface area (Å²) in [6.07, 6.45) is 4.50. The third-order valence-electron chi connectivity index (χ3n) is 9.04. The van der Waals surface area contributed by atoms with Crippen LogP contribution in [0.5, 0.6) is 0 Å². The molecule has 0 heterocycles. The summed E-state index contributed by atoms with van der Waals surface area (Å²) in [6.45, 7) is 1.02. The summed E-state index contributed by atoms with van der Waals surface area (Å²) < 4.78 is 0. The Labute approximate surface area is 296 Å². The predicted molar refractivity (Wildman–Crippen MR) is 206 cm³/mol. The topological polar surface area (TPSA) is 58.2 Å². The molecule has 50 heavy (non-hydrogen) atoms. The lowest BCUT2D eigenvalue weighted by Crippen LogP contribution is -2.22. The monoisotopic (exact) mass is 656 g/mol. The highest BCUT2D eigenvalue weighted by molar-refractivity contribution is 5.77. The number of unbranched alkanes of at least 4 members (excludes halogenated alkanes) is 3. The molecule has 2 N–H and O–H groups in total. The van der Waals surface area contributed by atoms with Crippen molar-refractivity contribution in [3.8, 4) is 44.5 Å². The molecule has 0 aliphatic carbocycles. The van der Waals surface area contributed by atoms with Gasteiger partial charge in [-0.25, -0.2) is 0 Å². The molecule has 2 amide bonds. The van der Waals surface area contributed by atoms with E-state index >= 15 is 0 Å². The normalized spacial score (nSPS) is 10.8. The number of carbonyl (C=O) groups is 2. The van der Waals surface area contributed by atoms with Gasteiger partial charge < -0.3 is 10.6 Å². The number of hydrogen-bond donors (Lipinski definition) is 2. The fourth-order valence-electron chi connectivity index (χ4n) is 6.20. The van der Waals surface area contributed by atoms with Gasteiger partial charge in [-0.05, 0) is 80.6 Å². The van der Waals surface area contributed by atoms with Crippen molar-refractivity contribution in [2.75, 3.05) is 0 Å². The lowest BCUT2D eigenvalue weighted by atomic mass is 9.99. The van der Waals surface area contributed by atoms with Crippen molar-refractivity contribution < 1.29 is 9.59 Å². The van der Waals surface area contributed by atoms with Gasteiger partial charge in [0.1, 0.15) is 0 Å². The van der Waals surface area contributed by atoms with Crippen LogP contribution < -0.4 is 10.6 Å². The zero-order chi connectivity index (χ0) is 34.4. The van der Waals surface area contributed by atoms with Gasteiger partial charge in [-0.15, -0.1) is 0 Å². The molecule has 6 aromatic rings. The van der Waals surface area contributed by atoms with E-state index in [0.717, 1.165) is 59.1 Å². The van der Waals surface area contributed by atoms with Crippen molar-refractivity contribution in [1.29, 1.82) is 0 Å². The number of carbonyl (C=O) groups excluding carboxylic acids is 2. The van der Waals surface area contributed by atoms with Crippen LogP contribution in [0.2, 0.25) is 0 Å². The van der Waals surface area contributed by atoms with Gasteiger partial charge in [0.15, 0.2) is 0 Å². The number of benzene rings is 6. The van der Waals surface area contributed by atoms with Crippen LogP contribution in [0.4, 0.5) is 0 Å². The third kappa shape index (κ3) is 9.90. The van der Waals surface area contributed by atoms with E-state index in [9.17, 15) is 9.59 Å². The fourth-order valence-corrected chi connectivity index (χ4v) is 6.20. The predicted octanol–water partition coefficient (Wildman–Crippen LogP) is 10.6. The minimum absolute atomic E-state index is 0.0646. The molecule has 4 heteroatoms. The van der Waals surface area contributed by atoms with Gasteiger partial charge >= 0.3 is 0 Å². The summed E-state index contributed by atoms with van der Waals surface area (Å²) in [4.78, 5) is 25.0. The molecule has 0 atom stereocenters. The zero-order valence-corrected chi connectivity index (χ0v) is 28.5. The Balaban J connectivity index is 0.854. The number of rotatable bonds is 15. The molecule has 6 rings (SSSR count). The summed E-state index contributed by atoms with van der Waals surface area (Å²) in [5.41, 5.74) is 11.5. The van der Waals surface area contributed by atoms with Gasteiger partial charge in [0.05, 0.1) is 0 Å². The van der Waals surface area contributed by atoms with Crippen molar-refractivity contribution in [2.45, 2.75) is 51.6 Å². The molecular formula is C46H44N2O2. The highest BCUT2D eigenvalue weighted by atomic mass is 16.2. The van der Waals surface area contributed by atoms with E-state index in [1.54, 1.807) is 0 Å². The van der Waals surface area contributed by atoms with Crippen LogP contribution in [0.25, 0.3) is 44.5 Å². The lowest BCUT2D eigenvalue weighted by Gasteiger charge is -2.09. The van der Waals surface area contributed by atoms with Gasteiger partial charge in [-0.2, -0.15) is 0 Å². The maximum Gasteiger partial charge on any atom is 0.220 e. The van der Waals surface area contributed by atoms with Gasteiger partial charge in [0, 0.05) is 25.9 Å². The van der Waals surface area contributed by atoms with Crippen molar-refractivity contribution in [2.24, 2.45) is 0 Å². The second kappa shape index (κ2) is 17.6. The van der Waals surface area contributed by atoms with E-state index in [-0.39, 0.29) is 11.8 Å². The largest absolute Gasteiger partial charge is 0.352 e. The van der Waals surface area contributed by atoms with Crippen molar-refractivity contribution >= 4 is 11.8 Å². The van der Waals surface area contributed by atoms with Crippen LogP contribution in [0.3, 0.4) is 0 Å². The highest BCUT2D eigenvalue weighted by Crippen LogP contribution is 2.27. The first-order chi connectivity index (χ1) is 24.6. The number of nitrogens with one attached hydrogen (secondary N) is 2. The summed E-state index contributed by atoms with van der Waals surface area (Å²) in [5, 5.41) is 6.14. The Bertz CT molecular complexity index is 1820. The standard InChI is InChI=1S/C46H44N2O2/c49-45(47-33-35-13-11-19-43(31-35)41-27-23-39(24-28-41)37-15-5-3-6-16-37)21-9-1-2-10-22-46(50)48-34-36-14-12-20-44(32-36)42-29-25-40(26-30-42)38-17-7-4-8-18-38/h3-8,11-20,23-32H,1-2,9-10,21-22,33-34H2,(H,47,49)(H,48,50). The molecule has 0 aromatic heterocycles. The number of hydrogen-bond acceptors (Lipinski definition) is 2. The van der Waals surface area contributed by atoms with E-state index in [2.05, 4.69) is 144 Å². The molecule has 0 spiro atoms. The second-order valence-electron chi connectivity index (χ2n) is 12.8. The summed E-state index contributed by atoms with van der Waals surface area (Å²) in [6, 6.07) is 54.6. The summed E-state index contributed by atoms with van der Waals surface area (Å²) in [5.74, 6) is 0.129. The molecule has 0 bridgehead atoms. The first-order valence-corrected chi connectivity index (χ1v) is 17.6. The van der Waals surface area contributed by atoms with Gasteiger partial charge in [0.25, 0.3) is 0 Å². The Kier molecular flexibility index (Phi) is 12.0. The first kappa shape index (κ1) is 34.1. The lowest BCUT2D eigenvalue weighted by molar-refractivity contribution is -0.122. The van der Waals surface area contributed by atoms with E-state index < -0.39 is 0 Å². The second-order valence-corrected chi connectivity index (χ2v) is 12.8. The van der Waals surface area contributed by atoms with Crippen molar-refractivity contribution in [1.82, 2.24) is 10.6 Å². The van der Waals surface area contributed by atoms with Crippen molar-refractivity contribution in [3.05, 3.63) is 169 Å². The number of amides is 2. The molecular weight excluding hydrogens is 613 g/mol. The Hall–Kier alpha value is -5.74. The SMILES string of the molecule is O=C(CCCCCCC(=O)NCc1cccc(-c2ccc(-c3ccccc3)cc2)c1)NCc1cccc(-c2ccc(-c3ccccc3)cc2)c1. The molecule has 0 aliphatic heterocycles. The minimum atomic E-state index is 0.0646. The van der Waals surface area contributed by atoms with E-state index in [1.807, 2.05) is 24.3 Å². The highest BCUT2D eigenvalue weighted by Gasteiger charge is 2.07. The maximum absolute atomic E-state index is 12.5. The van der Waals surface area contributed by atoms with Crippen molar-refractivity contribution in [3.63, 3.8) is 0 Å². The van der Waals surface area contributed by atoms with E-state index in [1.165, 1.54) is 22.3 Å². The maximum atomic E-state index is 12.5. The molecule has 0 fully saturated rings. The van der Waals surface area contributed by atoms with Crippen LogP contribution in [-0.2, 0) is 22.7 Å². The fraction of sp³-hybridized carbons (Fsp3) is 0.174. The van der Waals surface area contributed by atoms with Crippen LogP contribution in [-0.4, -0.2) is 11.8 Å². The van der Waals surface area contributed by atoms with Crippen LogP contribution in [0.15, 0.2) is 158 Å². The average molecular weight is 657 g/mol. The smallest absolute Gasteiger partial charge is 0.220 e. The van der Waals surface area contributed by atoms with Crippen LogP contribution in [0, 0.1) is 0 Å². The Morgan fingerprint density at radius 1 is 0.340 bits per heavy atom. The zero-order valence-electron chi connectivity index (χ0n) is 28.5. The van der Waals surface area contributed by atoms with E-state index in [4.69, 9.17) is 0 Å². The molecule has 0 saturated heterocycles. The summed E-state index contributed by atoms with van der Waals surface area (Å²) >= 11 is 0. The first-order valence-electron chi connectivity index (χ1n) is 17.6. The Morgan fingerprint density at radius 3 is 1.04 bits per heavy atom. The summed E-state index contributed by atoms with van der Waals surface area (Å²) in [7, 11) is 0. The Morgan fingerprint density at radius 2 is 0.660 bits per heavy atom. The minimum Gasteiger partial charge on any atom is -0.352 e. The van der Waals surface area contributed by atoms with Crippen LogP contribution >= 0.6 is 0 Å². The van der Waals surface area contributed by atoms with Gasteiger partial charge in [-0.3, -0.25) is 9.59 Å². The third-order valence-corrected chi connectivity index (χ3v) is 9.04.